The van der Waals surface area contributed by atoms with Gasteiger partial charge in [-0.1, -0.05) is 12.2 Å². The summed E-state index contributed by atoms with van der Waals surface area (Å²) in [7, 11) is 0. The zero-order chi connectivity index (χ0) is 5.54. The molecule has 1 nitrogen and oxygen atoms in total. The van der Waals surface area contributed by atoms with Gasteiger partial charge in [-0.3, -0.25) is 0 Å². The number of hydrogen-bond acceptors (Lipinski definition) is 0. The van der Waals surface area contributed by atoms with E-state index in [0.29, 0.717) is 0 Å². The molecule has 1 heteroatoms. The van der Waals surface area contributed by atoms with Crippen LogP contribution >= 0.6 is 0 Å². The fourth-order valence-electron chi connectivity index (χ4n) is 0.271. The van der Waals surface area contributed by atoms with E-state index in [9.17, 15) is 0 Å². The summed E-state index contributed by atoms with van der Waals surface area (Å²) in [5.74, 6) is 0. The number of rotatable bonds is 2. The van der Waals surface area contributed by atoms with Crippen molar-refractivity contribution in [1.29, 1.82) is 0 Å². The Hall–Kier alpha value is -0.810. The summed E-state index contributed by atoms with van der Waals surface area (Å²) in [5, 5.41) is 0. The molecule has 0 heterocycles. The Labute approximate surface area is 44.1 Å². The van der Waals surface area contributed by atoms with Gasteiger partial charge < -0.3 is 0 Å². The van der Waals surface area contributed by atoms with Gasteiger partial charge in [-0.25, -0.2) is 0 Å². The van der Waals surface area contributed by atoms with E-state index >= 15 is 0 Å². The topological polar surface area (TPSA) is 14.1 Å². The summed E-state index contributed by atoms with van der Waals surface area (Å²) < 4.78 is 3.55. The van der Waals surface area contributed by atoms with Crippen LogP contribution in [0.3, 0.4) is 0 Å². The lowest BCUT2D eigenvalue weighted by atomic mass is 10.4. The molecule has 0 aromatic carbocycles. The lowest BCUT2D eigenvalue weighted by Crippen LogP contribution is -1.70. The van der Waals surface area contributed by atoms with Gasteiger partial charge in [0.05, 0.1) is 6.42 Å². The molecule has 38 valence electrons. The normalized spacial score (nSPS) is 8.71. The van der Waals surface area contributed by atoms with Crippen LogP contribution in [0.25, 0.3) is 0 Å². The van der Waals surface area contributed by atoms with Gasteiger partial charge in [0.1, 0.15) is 0 Å². The maximum absolute atomic E-state index is 3.55. The third kappa shape index (κ3) is 5.19. The lowest BCUT2D eigenvalue weighted by Gasteiger charge is -1.62. The lowest BCUT2D eigenvalue weighted by molar-refractivity contribution is 1.48. The number of allylic oxidation sites excluding steroid dienone is 2. The van der Waals surface area contributed by atoms with E-state index in [-0.39, 0.29) is 0 Å². The second-order valence-electron chi connectivity index (χ2n) is 1.17. The zero-order valence-corrected chi connectivity index (χ0v) is 4.59. The van der Waals surface area contributed by atoms with Crippen molar-refractivity contribution in [2.75, 3.05) is 0 Å². The van der Waals surface area contributed by atoms with Crippen LogP contribution in [0, 0.1) is 0 Å². The monoisotopic (exact) mass is 96.1 g/mol. The van der Waals surface area contributed by atoms with Crippen LogP contribution in [0.2, 0.25) is 0 Å². The molecule has 0 aliphatic carbocycles. The van der Waals surface area contributed by atoms with Crippen molar-refractivity contribution >= 4 is 12.9 Å². The van der Waals surface area contributed by atoms with E-state index in [4.69, 9.17) is 0 Å². The molecule has 0 aromatic heterocycles. The molecule has 0 atom stereocenters. The highest BCUT2D eigenvalue weighted by Gasteiger charge is 1.71. The van der Waals surface area contributed by atoms with Crippen molar-refractivity contribution in [3.8, 4) is 0 Å². The Kier molecular flexibility index (Phi) is 4.59. The third-order valence-corrected chi connectivity index (χ3v) is 0.606. The smallest absolute Gasteiger partial charge is 0.114 e. The van der Waals surface area contributed by atoms with E-state index in [1.54, 1.807) is 6.21 Å². The van der Waals surface area contributed by atoms with E-state index in [0.717, 1.165) is 6.42 Å². The van der Waals surface area contributed by atoms with Crippen LogP contribution in [0.4, 0.5) is 0 Å². The molecule has 0 spiro atoms. The van der Waals surface area contributed by atoms with E-state index in [2.05, 4.69) is 11.4 Å². The molecule has 0 amide bonds. The highest BCUT2D eigenvalue weighted by atomic mass is 14.5. The molecule has 0 fully saturated rings. The highest BCUT2D eigenvalue weighted by molar-refractivity contribution is 5.60. The van der Waals surface area contributed by atoms with Gasteiger partial charge in [-0.2, -0.15) is 0 Å². The predicted molar refractivity (Wildman–Crippen MR) is 34.7 cm³/mol. The molecule has 0 rings (SSSR count). The summed E-state index contributed by atoms with van der Waals surface area (Å²) in [5.41, 5.74) is 0. The molecular weight excluding hydrogens is 86.1 g/mol. The van der Waals surface area contributed by atoms with Crippen LogP contribution in [-0.4, -0.2) is 12.9 Å². The SMILES string of the molecule is C=[N+]=CCC=CC. The Morgan fingerprint density at radius 1 is 1.71 bits per heavy atom. The van der Waals surface area contributed by atoms with Gasteiger partial charge in [0.25, 0.3) is 12.9 Å². The maximum Gasteiger partial charge on any atom is 0.272 e. The Morgan fingerprint density at radius 2 is 2.43 bits per heavy atom. The predicted octanol–water partition coefficient (Wildman–Crippen LogP) is 0.791. The second kappa shape index (κ2) is 5.19. The molecule has 0 aliphatic heterocycles. The largest absolute Gasteiger partial charge is 0.272 e. The maximum atomic E-state index is 3.55. The summed E-state index contributed by atoms with van der Waals surface area (Å²) in [6, 6.07) is 0. The quantitative estimate of drug-likeness (QED) is 0.274. The van der Waals surface area contributed by atoms with Gasteiger partial charge >= 0.3 is 0 Å². The van der Waals surface area contributed by atoms with Crippen LogP contribution < -0.4 is 4.67 Å². The zero-order valence-electron chi connectivity index (χ0n) is 4.59. The van der Waals surface area contributed by atoms with E-state index in [1.165, 1.54) is 0 Å². The van der Waals surface area contributed by atoms with Crippen molar-refractivity contribution in [1.82, 2.24) is 4.67 Å². The summed E-state index contributed by atoms with van der Waals surface area (Å²) in [4.78, 5) is 0. The minimum absolute atomic E-state index is 0.903. The molecule has 0 aliphatic rings. The third-order valence-electron chi connectivity index (χ3n) is 0.606. The number of nitrogens with zero attached hydrogens (tertiary/aromatic N) is 1. The van der Waals surface area contributed by atoms with Crippen molar-refractivity contribution in [3.63, 3.8) is 0 Å². The average Bonchev–Trinajstić information content (AvgIpc) is 1.69. The van der Waals surface area contributed by atoms with Crippen LogP contribution in [0.1, 0.15) is 13.3 Å². The standard InChI is InChI=1S/C6H10N/c1-3-4-5-6-7-2/h3-4,6H,2,5H2,1H3/q+1. The average molecular weight is 96.2 g/mol. The minimum Gasteiger partial charge on any atom is -0.114 e. The molecule has 0 saturated heterocycles. The van der Waals surface area contributed by atoms with Crippen LogP contribution in [0.15, 0.2) is 12.2 Å². The highest BCUT2D eigenvalue weighted by Crippen LogP contribution is 1.71. The van der Waals surface area contributed by atoms with Gasteiger partial charge in [-0.05, 0) is 6.92 Å². The van der Waals surface area contributed by atoms with Gasteiger partial charge in [0.15, 0.2) is 0 Å². The molecule has 7 heavy (non-hydrogen) atoms. The second-order valence-corrected chi connectivity index (χ2v) is 1.17. The first-order chi connectivity index (χ1) is 3.41. The summed E-state index contributed by atoms with van der Waals surface area (Å²) in [6.45, 7) is 5.28. The fourth-order valence-corrected chi connectivity index (χ4v) is 0.271. The van der Waals surface area contributed by atoms with Crippen LogP contribution in [-0.2, 0) is 0 Å². The molecular formula is C6H10N+. The Bertz CT molecular complexity index is 96.7. The van der Waals surface area contributed by atoms with Gasteiger partial charge in [0, 0.05) is 0 Å². The minimum atomic E-state index is 0.903. The Balaban J connectivity index is 3.15. The Morgan fingerprint density at radius 3 is 2.86 bits per heavy atom. The fraction of sp³-hybridized carbons (Fsp3) is 0.333. The first kappa shape index (κ1) is 6.19. The van der Waals surface area contributed by atoms with Crippen molar-refractivity contribution in [2.45, 2.75) is 13.3 Å². The molecule has 0 N–H and O–H groups in total. The summed E-state index contributed by atoms with van der Waals surface area (Å²) in [6.07, 6.45) is 6.68. The van der Waals surface area contributed by atoms with Crippen molar-refractivity contribution in [3.05, 3.63) is 12.2 Å². The van der Waals surface area contributed by atoms with Crippen molar-refractivity contribution in [2.24, 2.45) is 0 Å². The summed E-state index contributed by atoms with van der Waals surface area (Å²) >= 11 is 0. The molecule has 0 unspecified atom stereocenters. The molecule has 0 radical (unpaired) electrons. The number of hydrogen-bond donors (Lipinski definition) is 0. The molecule has 0 bridgehead atoms. The molecule has 0 saturated carbocycles. The first-order valence-electron chi connectivity index (χ1n) is 2.30. The van der Waals surface area contributed by atoms with Gasteiger partial charge in [0.2, 0.25) is 0 Å². The first-order valence-corrected chi connectivity index (χ1v) is 2.30. The van der Waals surface area contributed by atoms with Crippen LogP contribution in [0.5, 0.6) is 0 Å². The van der Waals surface area contributed by atoms with Crippen molar-refractivity contribution < 1.29 is 0 Å². The van der Waals surface area contributed by atoms with E-state index in [1.807, 2.05) is 19.1 Å². The van der Waals surface area contributed by atoms with Gasteiger partial charge in [-0.15, -0.1) is 4.67 Å². The van der Waals surface area contributed by atoms with E-state index < -0.39 is 0 Å². The molecule has 0 aromatic rings.